The molecule has 1 aliphatic heterocycles. The van der Waals surface area contributed by atoms with Crippen LogP contribution in [0.3, 0.4) is 0 Å². The van der Waals surface area contributed by atoms with Crippen LogP contribution in [0.1, 0.15) is 19.8 Å². The Hall–Kier alpha value is -4.53. The van der Waals surface area contributed by atoms with E-state index in [0.717, 1.165) is 48.6 Å². The summed E-state index contributed by atoms with van der Waals surface area (Å²) in [6.07, 6.45) is 2.48. The first kappa shape index (κ1) is 27.1. The van der Waals surface area contributed by atoms with Crippen molar-refractivity contribution in [2.45, 2.75) is 31.8 Å². The van der Waals surface area contributed by atoms with Crippen LogP contribution in [0.2, 0.25) is 0 Å². The number of likely N-dealkylation sites (tertiary alicyclic amines) is 1. The standard InChI is InChI=1S/C31H32F2N6O/c1-22(38-18-16-31(2,17-19-38)37(3)28-7-5-4-6-27(28)34-21-40)20-39-30(24-10-14-26(33)15-11-24)35-29(36-39)23-8-12-25(32)13-9-23/h4-15,21H,1,16-20H2,2-3H3,(H,34,40). The average Bonchev–Trinajstić information content (AvgIpc) is 3.38. The second kappa shape index (κ2) is 11.3. The number of carbonyl (C=O) groups is 1. The third kappa shape index (κ3) is 5.59. The van der Waals surface area contributed by atoms with Crippen molar-refractivity contribution in [3.63, 3.8) is 0 Å². The van der Waals surface area contributed by atoms with Gasteiger partial charge in [0, 0.05) is 42.5 Å². The number of aromatic nitrogens is 3. The van der Waals surface area contributed by atoms with E-state index in [1.165, 1.54) is 24.3 Å². The minimum atomic E-state index is -0.332. The van der Waals surface area contributed by atoms with Crippen LogP contribution in [0.25, 0.3) is 22.8 Å². The van der Waals surface area contributed by atoms with Gasteiger partial charge in [-0.25, -0.2) is 18.4 Å². The van der Waals surface area contributed by atoms with Crippen molar-refractivity contribution in [2.24, 2.45) is 0 Å². The lowest BCUT2D eigenvalue weighted by Crippen LogP contribution is -2.52. The molecule has 3 aromatic carbocycles. The fourth-order valence-corrected chi connectivity index (χ4v) is 5.14. The molecule has 9 heteroatoms. The number of nitrogens with zero attached hydrogens (tertiary/aromatic N) is 5. The van der Waals surface area contributed by atoms with Gasteiger partial charge in [-0.2, -0.15) is 5.10 Å². The van der Waals surface area contributed by atoms with Crippen LogP contribution in [-0.4, -0.2) is 51.8 Å². The zero-order valence-electron chi connectivity index (χ0n) is 22.6. The second-order valence-electron chi connectivity index (χ2n) is 10.3. The van der Waals surface area contributed by atoms with Crippen LogP contribution in [0.5, 0.6) is 0 Å². The Morgan fingerprint density at radius 1 is 1.00 bits per heavy atom. The van der Waals surface area contributed by atoms with E-state index in [9.17, 15) is 13.6 Å². The van der Waals surface area contributed by atoms with E-state index < -0.39 is 0 Å². The Kier molecular flexibility index (Phi) is 7.64. The van der Waals surface area contributed by atoms with Crippen molar-refractivity contribution in [3.05, 3.63) is 96.7 Å². The number of anilines is 2. The Balaban J connectivity index is 1.33. The molecule has 1 aromatic heterocycles. The molecule has 0 spiro atoms. The first-order valence-electron chi connectivity index (χ1n) is 13.2. The highest BCUT2D eigenvalue weighted by atomic mass is 19.1. The Labute approximate surface area is 232 Å². The zero-order valence-corrected chi connectivity index (χ0v) is 22.6. The maximum absolute atomic E-state index is 13.6. The Bertz CT molecular complexity index is 1490. The molecule has 0 radical (unpaired) electrons. The van der Waals surface area contributed by atoms with E-state index in [-0.39, 0.29) is 17.2 Å². The number of hydrogen-bond acceptors (Lipinski definition) is 5. The molecule has 0 saturated carbocycles. The summed E-state index contributed by atoms with van der Waals surface area (Å²) in [5, 5.41) is 7.53. The highest BCUT2D eigenvalue weighted by Crippen LogP contribution is 2.36. The van der Waals surface area contributed by atoms with Crippen LogP contribution >= 0.6 is 0 Å². The zero-order chi connectivity index (χ0) is 28.3. The summed E-state index contributed by atoms with van der Waals surface area (Å²) in [6, 6.07) is 20.0. The van der Waals surface area contributed by atoms with Gasteiger partial charge in [0.25, 0.3) is 0 Å². The van der Waals surface area contributed by atoms with Crippen molar-refractivity contribution >= 4 is 17.8 Å². The Morgan fingerprint density at radius 2 is 1.60 bits per heavy atom. The largest absolute Gasteiger partial charge is 0.374 e. The molecular formula is C31H32F2N6O. The van der Waals surface area contributed by atoms with Crippen molar-refractivity contribution in [2.75, 3.05) is 30.4 Å². The Morgan fingerprint density at radius 3 is 2.23 bits per heavy atom. The quantitative estimate of drug-likeness (QED) is 0.264. The number of allylic oxidation sites excluding steroid dienone is 1. The molecule has 0 aliphatic carbocycles. The number of hydrogen-bond donors (Lipinski definition) is 1. The number of halogens is 2. The van der Waals surface area contributed by atoms with Gasteiger partial charge in [-0.3, -0.25) is 4.79 Å². The summed E-state index contributed by atoms with van der Waals surface area (Å²) in [6.45, 7) is 8.61. The number of carbonyl (C=O) groups excluding carboxylic acids is 1. The van der Waals surface area contributed by atoms with E-state index in [1.54, 1.807) is 28.9 Å². The first-order chi connectivity index (χ1) is 19.3. The number of nitrogens with one attached hydrogen (secondary N) is 1. The third-order valence-electron chi connectivity index (χ3n) is 7.79. The highest BCUT2D eigenvalue weighted by Gasteiger charge is 2.35. The van der Waals surface area contributed by atoms with Gasteiger partial charge in [0.05, 0.1) is 17.9 Å². The van der Waals surface area contributed by atoms with Gasteiger partial charge in [-0.15, -0.1) is 0 Å². The van der Waals surface area contributed by atoms with Crippen LogP contribution in [0.4, 0.5) is 20.2 Å². The van der Waals surface area contributed by atoms with E-state index in [1.807, 2.05) is 24.3 Å². The number of piperidine rings is 1. The van der Waals surface area contributed by atoms with Gasteiger partial charge >= 0.3 is 0 Å². The van der Waals surface area contributed by atoms with Crippen LogP contribution < -0.4 is 10.2 Å². The normalized spacial score (nSPS) is 14.6. The van der Waals surface area contributed by atoms with E-state index in [2.05, 4.69) is 35.7 Å². The molecule has 0 atom stereocenters. The lowest BCUT2D eigenvalue weighted by molar-refractivity contribution is -0.105. The molecule has 0 bridgehead atoms. The monoisotopic (exact) mass is 542 g/mol. The maximum atomic E-state index is 13.6. The number of benzene rings is 3. The summed E-state index contributed by atoms with van der Waals surface area (Å²) in [5.74, 6) is 0.384. The summed E-state index contributed by atoms with van der Waals surface area (Å²) >= 11 is 0. The molecule has 206 valence electrons. The topological polar surface area (TPSA) is 66.3 Å². The van der Waals surface area contributed by atoms with E-state index in [0.29, 0.717) is 30.2 Å². The average molecular weight is 543 g/mol. The smallest absolute Gasteiger partial charge is 0.211 e. The third-order valence-corrected chi connectivity index (χ3v) is 7.79. The predicted molar refractivity (Wildman–Crippen MR) is 154 cm³/mol. The maximum Gasteiger partial charge on any atom is 0.211 e. The lowest BCUT2D eigenvalue weighted by atomic mass is 9.87. The van der Waals surface area contributed by atoms with Gasteiger partial charge < -0.3 is 15.1 Å². The second-order valence-corrected chi connectivity index (χ2v) is 10.3. The van der Waals surface area contributed by atoms with Gasteiger partial charge in [-0.1, -0.05) is 18.7 Å². The van der Waals surface area contributed by atoms with Crippen molar-refractivity contribution in [1.82, 2.24) is 19.7 Å². The van der Waals surface area contributed by atoms with Crippen LogP contribution in [-0.2, 0) is 11.3 Å². The SMILES string of the molecule is C=C(Cn1nc(-c2ccc(F)cc2)nc1-c1ccc(F)cc1)N1CCC(C)(N(C)c2ccccc2NC=O)CC1. The van der Waals surface area contributed by atoms with E-state index in [4.69, 9.17) is 10.1 Å². The molecule has 5 rings (SSSR count). The number of rotatable bonds is 9. The lowest BCUT2D eigenvalue weighted by Gasteiger charge is -2.47. The molecule has 0 unspecified atom stereocenters. The van der Waals surface area contributed by atoms with Crippen molar-refractivity contribution < 1.29 is 13.6 Å². The summed E-state index contributed by atoms with van der Waals surface area (Å²) in [7, 11) is 2.07. The summed E-state index contributed by atoms with van der Waals surface area (Å²) in [4.78, 5) is 20.3. The summed E-state index contributed by atoms with van der Waals surface area (Å²) < 4.78 is 28.9. The molecule has 2 heterocycles. The van der Waals surface area contributed by atoms with Gasteiger partial charge in [-0.05, 0) is 80.4 Å². The molecule has 1 saturated heterocycles. The van der Waals surface area contributed by atoms with Gasteiger partial charge in [0.1, 0.15) is 11.6 Å². The van der Waals surface area contributed by atoms with E-state index >= 15 is 0 Å². The van der Waals surface area contributed by atoms with Gasteiger partial charge in [0.2, 0.25) is 6.41 Å². The predicted octanol–water partition coefficient (Wildman–Crippen LogP) is 5.96. The minimum absolute atomic E-state index is 0.111. The fraction of sp³-hybridized carbons (Fsp3) is 0.258. The molecule has 40 heavy (non-hydrogen) atoms. The van der Waals surface area contributed by atoms with Gasteiger partial charge in [0.15, 0.2) is 11.6 Å². The molecule has 1 fully saturated rings. The summed E-state index contributed by atoms with van der Waals surface area (Å²) in [5.41, 5.74) is 3.96. The van der Waals surface area contributed by atoms with Crippen molar-refractivity contribution in [1.29, 1.82) is 0 Å². The van der Waals surface area contributed by atoms with Crippen molar-refractivity contribution in [3.8, 4) is 22.8 Å². The molecule has 7 nitrogen and oxygen atoms in total. The van der Waals surface area contributed by atoms with Crippen LogP contribution in [0.15, 0.2) is 85.1 Å². The highest BCUT2D eigenvalue weighted by molar-refractivity contribution is 5.81. The molecule has 1 N–H and O–H groups in total. The minimum Gasteiger partial charge on any atom is -0.374 e. The first-order valence-corrected chi connectivity index (χ1v) is 13.2. The molecule has 4 aromatic rings. The number of amides is 1. The molecule has 1 aliphatic rings. The fourth-order valence-electron chi connectivity index (χ4n) is 5.14. The number of para-hydroxylation sites is 2. The van der Waals surface area contributed by atoms with Crippen LogP contribution in [0, 0.1) is 11.6 Å². The molecule has 1 amide bonds. The molecular weight excluding hydrogens is 510 g/mol.